The SMILES string of the molecule is [C-]#[N+]C1=C(O)[C@@](C)(CO)[C@@H]2CC[C@]3(C)C(=CC(=O)[C@@H]4[C@@H]5CC(C)(C)C[C@@H](NC(=O)C(C)(F)F)C5CC[C@]43C)[C@@]2(C)C1. The van der Waals surface area contributed by atoms with E-state index in [1.165, 1.54) is 0 Å². The first-order valence-corrected chi connectivity index (χ1v) is 15.2. The maximum Gasteiger partial charge on any atom is 0.321 e. The summed E-state index contributed by atoms with van der Waals surface area (Å²) in [6.45, 7) is 20.8. The van der Waals surface area contributed by atoms with Gasteiger partial charge in [-0.15, -0.1) is 0 Å². The molecule has 9 atom stereocenters. The van der Waals surface area contributed by atoms with Crippen molar-refractivity contribution < 1.29 is 28.6 Å². The van der Waals surface area contributed by atoms with Gasteiger partial charge < -0.3 is 15.5 Å². The minimum absolute atomic E-state index is 0.0245. The molecular weight excluding hydrogens is 526 g/mol. The van der Waals surface area contributed by atoms with Gasteiger partial charge in [0, 0.05) is 24.3 Å². The fraction of sp³-hybridized carbons (Fsp3) is 0.788. The van der Waals surface area contributed by atoms with Crippen LogP contribution in [0.3, 0.4) is 0 Å². The molecule has 0 spiro atoms. The Kier molecular flexibility index (Phi) is 6.71. The third-order valence-electron chi connectivity index (χ3n) is 12.8. The molecule has 1 unspecified atom stereocenters. The monoisotopic (exact) mass is 572 g/mol. The van der Waals surface area contributed by atoms with Crippen LogP contribution in [0.4, 0.5) is 8.78 Å². The molecule has 0 aliphatic heterocycles. The van der Waals surface area contributed by atoms with E-state index in [0.29, 0.717) is 19.8 Å². The molecule has 3 saturated carbocycles. The summed E-state index contributed by atoms with van der Waals surface area (Å²) in [5, 5.41) is 24.2. The zero-order valence-corrected chi connectivity index (χ0v) is 25.5. The molecule has 0 aromatic heterocycles. The number of aliphatic hydroxyl groups excluding tert-OH is 2. The summed E-state index contributed by atoms with van der Waals surface area (Å²) in [5.41, 5.74) is -1.23. The van der Waals surface area contributed by atoms with Crippen LogP contribution in [0.1, 0.15) is 93.4 Å². The summed E-state index contributed by atoms with van der Waals surface area (Å²) < 4.78 is 27.8. The lowest BCUT2D eigenvalue weighted by molar-refractivity contribution is -0.162. The van der Waals surface area contributed by atoms with Crippen molar-refractivity contribution in [2.24, 2.45) is 50.7 Å². The number of aliphatic hydroxyl groups is 2. The van der Waals surface area contributed by atoms with Gasteiger partial charge in [0.1, 0.15) is 5.76 Å². The third kappa shape index (κ3) is 4.07. The highest BCUT2D eigenvalue weighted by Gasteiger charge is 2.69. The molecule has 0 aromatic rings. The number of nitrogens with one attached hydrogen (secondary N) is 1. The number of alkyl halides is 2. The van der Waals surface area contributed by atoms with Crippen LogP contribution in [-0.2, 0) is 9.59 Å². The second-order valence-corrected chi connectivity index (χ2v) is 15.8. The van der Waals surface area contributed by atoms with E-state index in [1.807, 2.05) is 13.0 Å². The van der Waals surface area contributed by atoms with Gasteiger partial charge in [0.2, 0.25) is 5.70 Å². The molecule has 3 N–H and O–H groups in total. The van der Waals surface area contributed by atoms with Crippen molar-refractivity contribution in [3.05, 3.63) is 34.5 Å². The van der Waals surface area contributed by atoms with E-state index in [0.717, 1.165) is 37.7 Å². The first kappa shape index (κ1) is 30.2. The Morgan fingerprint density at radius 3 is 2.37 bits per heavy atom. The van der Waals surface area contributed by atoms with Crippen molar-refractivity contribution in [3.63, 3.8) is 0 Å². The maximum absolute atomic E-state index is 14.4. The van der Waals surface area contributed by atoms with E-state index >= 15 is 0 Å². The largest absolute Gasteiger partial charge is 0.523 e. The number of ketones is 1. The molecule has 5 aliphatic rings. The Morgan fingerprint density at radius 2 is 1.78 bits per heavy atom. The fourth-order valence-corrected chi connectivity index (χ4v) is 10.7. The van der Waals surface area contributed by atoms with Gasteiger partial charge in [0.25, 0.3) is 5.91 Å². The summed E-state index contributed by atoms with van der Waals surface area (Å²) in [6, 6.07) is -0.413. The zero-order valence-electron chi connectivity index (χ0n) is 25.5. The molecule has 6 nitrogen and oxygen atoms in total. The number of carbonyl (C=O) groups excluding carboxylic acids is 2. The highest BCUT2D eigenvalue weighted by molar-refractivity contribution is 5.95. The van der Waals surface area contributed by atoms with Crippen molar-refractivity contribution in [1.82, 2.24) is 5.32 Å². The summed E-state index contributed by atoms with van der Waals surface area (Å²) >= 11 is 0. The van der Waals surface area contributed by atoms with Crippen LogP contribution in [0.15, 0.2) is 23.1 Å². The molecule has 41 heavy (non-hydrogen) atoms. The maximum atomic E-state index is 14.4. The molecule has 3 fully saturated rings. The second-order valence-electron chi connectivity index (χ2n) is 15.8. The van der Waals surface area contributed by atoms with Crippen LogP contribution in [0.5, 0.6) is 0 Å². The molecular formula is C33H46F2N2O4. The van der Waals surface area contributed by atoms with Gasteiger partial charge in [0.15, 0.2) is 5.78 Å². The van der Waals surface area contributed by atoms with Gasteiger partial charge in [-0.3, -0.25) is 9.59 Å². The third-order valence-corrected chi connectivity index (χ3v) is 12.8. The van der Waals surface area contributed by atoms with Crippen molar-refractivity contribution in [2.75, 3.05) is 6.61 Å². The molecule has 0 heterocycles. The predicted octanol–water partition coefficient (Wildman–Crippen LogP) is 6.62. The topological polar surface area (TPSA) is 91.0 Å². The number of amides is 1. The number of hydrogen-bond acceptors (Lipinski definition) is 4. The smallest absolute Gasteiger partial charge is 0.321 e. The first-order chi connectivity index (χ1) is 18.8. The van der Waals surface area contributed by atoms with Crippen molar-refractivity contribution in [1.29, 1.82) is 0 Å². The zero-order chi connectivity index (χ0) is 30.6. The number of rotatable bonds is 3. The van der Waals surface area contributed by atoms with Gasteiger partial charge in [-0.25, -0.2) is 4.85 Å². The minimum atomic E-state index is -3.46. The number of halogens is 2. The van der Waals surface area contributed by atoms with Crippen LogP contribution >= 0.6 is 0 Å². The summed E-state index contributed by atoms with van der Waals surface area (Å²) in [7, 11) is 0. The normalized spacial score (nSPS) is 45.3. The average molecular weight is 573 g/mol. The van der Waals surface area contributed by atoms with Gasteiger partial charge in [-0.2, -0.15) is 8.78 Å². The average Bonchev–Trinajstić information content (AvgIpc) is 2.86. The minimum Gasteiger partial charge on any atom is -0.523 e. The fourth-order valence-electron chi connectivity index (χ4n) is 10.7. The Bertz CT molecular complexity index is 1280. The summed E-state index contributed by atoms with van der Waals surface area (Å²) in [6.07, 6.45) is 6.57. The highest BCUT2D eigenvalue weighted by Crippen LogP contribution is 2.74. The molecule has 8 heteroatoms. The number of allylic oxidation sites excluding steroid dienone is 3. The highest BCUT2D eigenvalue weighted by atomic mass is 19.3. The van der Waals surface area contributed by atoms with Gasteiger partial charge in [-0.1, -0.05) is 47.1 Å². The van der Waals surface area contributed by atoms with E-state index in [1.54, 1.807) is 0 Å². The van der Waals surface area contributed by atoms with Crippen molar-refractivity contribution >= 4 is 11.7 Å². The molecule has 0 radical (unpaired) electrons. The summed E-state index contributed by atoms with van der Waals surface area (Å²) in [4.78, 5) is 30.5. The molecule has 0 aromatic carbocycles. The molecule has 5 rings (SSSR count). The first-order valence-electron chi connectivity index (χ1n) is 15.2. The molecule has 0 bridgehead atoms. The van der Waals surface area contributed by atoms with Gasteiger partial charge >= 0.3 is 5.92 Å². The molecule has 1 amide bonds. The quantitative estimate of drug-likeness (QED) is 0.332. The Labute approximate surface area is 242 Å². The predicted molar refractivity (Wildman–Crippen MR) is 151 cm³/mol. The van der Waals surface area contributed by atoms with Gasteiger partial charge in [0.05, 0.1) is 13.2 Å². The van der Waals surface area contributed by atoms with Crippen LogP contribution < -0.4 is 5.32 Å². The van der Waals surface area contributed by atoms with E-state index in [-0.39, 0.29) is 58.3 Å². The van der Waals surface area contributed by atoms with Crippen LogP contribution in [0.2, 0.25) is 0 Å². The van der Waals surface area contributed by atoms with Crippen LogP contribution in [0.25, 0.3) is 4.85 Å². The molecule has 226 valence electrons. The van der Waals surface area contributed by atoms with Crippen LogP contribution in [-0.4, -0.2) is 40.5 Å². The summed E-state index contributed by atoms with van der Waals surface area (Å²) in [5.74, 6) is -5.21. The van der Waals surface area contributed by atoms with Crippen LogP contribution in [0, 0.1) is 57.3 Å². The number of nitrogens with zero attached hydrogens (tertiary/aromatic N) is 1. The number of fused-ring (bicyclic) bond motifs is 7. The Hall–Kier alpha value is -2.27. The Balaban J connectivity index is 1.59. The number of hydrogen-bond donors (Lipinski definition) is 3. The molecule has 5 aliphatic carbocycles. The van der Waals surface area contributed by atoms with E-state index < -0.39 is 34.1 Å². The lowest BCUT2D eigenvalue weighted by atomic mass is 9.35. The second kappa shape index (κ2) is 9.11. The number of carbonyl (C=O) groups is 2. The lowest BCUT2D eigenvalue weighted by Crippen LogP contribution is -2.65. The van der Waals surface area contributed by atoms with E-state index in [2.05, 4.69) is 44.8 Å². The lowest BCUT2D eigenvalue weighted by Gasteiger charge is -2.68. The van der Waals surface area contributed by atoms with E-state index in [9.17, 15) is 28.6 Å². The van der Waals surface area contributed by atoms with Gasteiger partial charge in [-0.05, 0) is 90.4 Å². The van der Waals surface area contributed by atoms with Crippen molar-refractivity contribution in [2.45, 2.75) is 105 Å². The van der Waals surface area contributed by atoms with E-state index in [4.69, 9.17) is 6.57 Å². The molecule has 0 saturated heterocycles. The standard InChI is InChI=1S/C33H46F2N2O4/c1-28(2)14-19-18(20(15-28)37-27(41)33(7,34)35)9-11-32(6)25(19)22(39)13-24-29(3)16-21(36-8)26(40)30(4,17-38)23(29)10-12-31(24,32)5/h13,18-20,23,25,38,40H,9-12,14-17H2,1-7H3,(H,37,41)/t18?,19-,20-,23-,25+,29+,30+,31-,32-/m1/s1. The van der Waals surface area contributed by atoms with Crippen molar-refractivity contribution in [3.8, 4) is 0 Å². The Morgan fingerprint density at radius 1 is 1.12 bits per heavy atom.